The highest BCUT2D eigenvalue weighted by Crippen LogP contribution is 2.23. The van der Waals surface area contributed by atoms with Crippen LogP contribution in [0.2, 0.25) is 0 Å². The van der Waals surface area contributed by atoms with Gasteiger partial charge in [0.1, 0.15) is 24.5 Å². The minimum atomic E-state index is -0.462. The van der Waals surface area contributed by atoms with Gasteiger partial charge in [-0.25, -0.2) is 20.8 Å². The van der Waals surface area contributed by atoms with Gasteiger partial charge >= 0.3 is 0 Å². The molecule has 10 nitrogen and oxygen atoms in total. The molecule has 2 amide bonds. The number of aromatic nitrogens is 4. The second-order valence-electron chi connectivity index (χ2n) is 11.2. The van der Waals surface area contributed by atoms with Gasteiger partial charge in [0.25, 0.3) is 11.8 Å². The van der Waals surface area contributed by atoms with E-state index < -0.39 is 11.8 Å². The van der Waals surface area contributed by atoms with E-state index in [1.54, 1.807) is 36.7 Å². The molecule has 0 saturated carbocycles. The molecule has 3 aromatic carbocycles. The fourth-order valence-electron chi connectivity index (χ4n) is 5.78. The molecule has 0 aliphatic rings. The van der Waals surface area contributed by atoms with Crippen LogP contribution in [0.5, 0.6) is 0 Å². The number of carbonyl (C=O) groups excluding carboxylic acids is 2. The Morgan fingerprint density at radius 2 is 1.02 bits per heavy atom. The van der Waals surface area contributed by atoms with Crippen molar-refractivity contribution in [3.63, 3.8) is 0 Å². The molecule has 0 aliphatic heterocycles. The van der Waals surface area contributed by atoms with E-state index in [2.05, 4.69) is 54.0 Å². The third-order valence-corrected chi connectivity index (χ3v) is 8.23. The molecule has 4 heterocycles. The fraction of sp³-hybridized carbons (Fsp3) is 0.105. The topological polar surface area (TPSA) is 116 Å². The highest BCUT2D eigenvalue weighted by Gasteiger charge is 2.14. The molecule has 7 aromatic rings. The molecule has 0 saturated heterocycles. The van der Waals surface area contributed by atoms with Crippen LogP contribution >= 0.6 is 0 Å². The number of rotatable bonds is 8. The average molecular weight is 887 g/mol. The third kappa shape index (κ3) is 7.60. The van der Waals surface area contributed by atoms with Crippen molar-refractivity contribution in [3.8, 4) is 0 Å². The van der Waals surface area contributed by atoms with E-state index >= 15 is 0 Å². The van der Waals surface area contributed by atoms with E-state index in [0.717, 1.165) is 56.8 Å². The molecule has 0 fully saturated rings. The molecule has 12 heteroatoms. The van der Waals surface area contributed by atoms with Crippen molar-refractivity contribution >= 4 is 67.9 Å². The van der Waals surface area contributed by atoms with Crippen LogP contribution in [0.3, 0.4) is 0 Å². The van der Waals surface area contributed by atoms with E-state index in [-0.39, 0.29) is 59.3 Å². The maximum atomic E-state index is 13.0. The minimum Gasteiger partial charge on any atom is -1.00 e. The van der Waals surface area contributed by atoms with Crippen molar-refractivity contribution in [1.82, 2.24) is 20.8 Å². The molecular formula is C38H32I2N8O2. The monoisotopic (exact) mass is 886 g/mol. The third-order valence-electron chi connectivity index (χ3n) is 8.23. The maximum Gasteiger partial charge on any atom is 0.289 e. The quantitative estimate of drug-likeness (QED) is 0.0688. The van der Waals surface area contributed by atoms with Gasteiger partial charge in [0.05, 0.1) is 23.5 Å². The second-order valence-corrected chi connectivity index (χ2v) is 11.2. The first-order valence-corrected chi connectivity index (χ1v) is 15.7. The summed E-state index contributed by atoms with van der Waals surface area (Å²) in [6, 6.07) is 30.8. The summed E-state index contributed by atoms with van der Waals surface area (Å²) in [7, 11) is 0. The van der Waals surface area contributed by atoms with E-state index in [4.69, 9.17) is 0 Å². The summed E-state index contributed by atoms with van der Waals surface area (Å²) < 4.78 is 4.33. The first-order chi connectivity index (χ1) is 23.5. The number of fused-ring (bicyclic) bond motifs is 5. The molecule has 4 aromatic heterocycles. The number of hydrogen-bond donors (Lipinski definition) is 2. The summed E-state index contributed by atoms with van der Waals surface area (Å²) in [4.78, 5) is 35.3. The molecule has 0 unspecified atom stereocenters. The van der Waals surface area contributed by atoms with Gasteiger partial charge in [0, 0.05) is 45.8 Å². The number of hydrogen-bond acceptors (Lipinski definition) is 6. The van der Waals surface area contributed by atoms with Crippen LogP contribution in [0.25, 0.3) is 43.6 Å². The van der Waals surface area contributed by atoms with Crippen molar-refractivity contribution in [3.05, 3.63) is 132 Å². The number of pyridine rings is 4. The van der Waals surface area contributed by atoms with Gasteiger partial charge in [-0.3, -0.25) is 9.59 Å². The summed E-state index contributed by atoms with van der Waals surface area (Å²) in [6.45, 7) is 5.95. The lowest BCUT2D eigenvalue weighted by atomic mass is 10.1. The van der Waals surface area contributed by atoms with Crippen LogP contribution in [0.1, 0.15) is 46.0 Å². The van der Waals surface area contributed by atoms with Crippen LogP contribution in [-0.4, -0.2) is 34.2 Å². The highest BCUT2D eigenvalue weighted by atomic mass is 127. The first kappa shape index (κ1) is 36.3. The molecule has 50 heavy (non-hydrogen) atoms. The number of benzene rings is 3. The normalized spacial score (nSPS) is 11.2. The van der Waals surface area contributed by atoms with E-state index in [1.807, 2.05) is 85.2 Å². The number of carbonyl (C=O) groups is 2. The molecule has 0 radical (unpaired) electrons. The van der Waals surface area contributed by atoms with Crippen LogP contribution in [0.15, 0.2) is 120 Å². The zero-order valence-corrected chi connectivity index (χ0v) is 31.5. The summed E-state index contributed by atoms with van der Waals surface area (Å²) in [5.74, 6) is -0.924. The molecule has 250 valence electrons. The van der Waals surface area contributed by atoms with Gasteiger partial charge in [0.2, 0.25) is 11.0 Å². The molecular weight excluding hydrogens is 854 g/mol. The highest BCUT2D eigenvalue weighted by molar-refractivity contribution is 6.06. The predicted octanol–water partition coefficient (Wildman–Crippen LogP) is -0.760. The Labute approximate surface area is 322 Å². The molecule has 0 bridgehead atoms. The SMILES string of the molecule is CC[n+]1cccc2cc(C=NNC(=O)c3ccc4ccc5ccc(C(=O)NN=Cc6ccc7c(ccc[n+]7CC)c6)nc5c4n3)ccc21.[I-].[I-]. The molecule has 0 aliphatic carbocycles. The van der Waals surface area contributed by atoms with Crippen LogP contribution < -0.4 is 67.9 Å². The zero-order valence-electron chi connectivity index (χ0n) is 27.2. The van der Waals surface area contributed by atoms with Gasteiger partial charge in [-0.05, 0) is 73.5 Å². The Bertz CT molecular complexity index is 2280. The molecule has 2 N–H and O–H groups in total. The van der Waals surface area contributed by atoms with Crippen molar-refractivity contribution in [2.24, 2.45) is 10.2 Å². The number of amides is 2. The van der Waals surface area contributed by atoms with Gasteiger partial charge in [-0.2, -0.15) is 19.3 Å². The summed E-state index contributed by atoms with van der Waals surface area (Å²) in [5.41, 5.74) is 10.5. The number of nitrogens with one attached hydrogen (secondary N) is 2. The van der Waals surface area contributed by atoms with Gasteiger partial charge < -0.3 is 48.0 Å². The predicted molar refractivity (Wildman–Crippen MR) is 187 cm³/mol. The van der Waals surface area contributed by atoms with E-state index in [9.17, 15) is 9.59 Å². The number of hydrazone groups is 2. The summed E-state index contributed by atoms with van der Waals surface area (Å²) in [5, 5.41) is 12.1. The van der Waals surface area contributed by atoms with Crippen LogP contribution in [-0.2, 0) is 13.1 Å². The summed E-state index contributed by atoms with van der Waals surface area (Å²) >= 11 is 0. The number of aryl methyl sites for hydroxylation is 2. The van der Waals surface area contributed by atoms with E-state index in [1.165, 1.54) is 0 Å². The van der Waals surface area contributed by atoms with Gasteiger partial charge in [-0.1, -0.05) is 24.3 Å². The van der Waals surface area contributed by atoms with Crippen molar-refractivity contribution < 1.29 is 66.7 Å². The summed E-state index contributed by atoms with van der Waals surface area (Å²) in [6.07, 6.45) is 7.30. The van der Waals surface area contributed by atoms with Crippen molar-refractivity contribution in [1.29, 1.82) is 0 Å². The minimum absolute atomic E-state index is 0. The second kappa shape index (κ2) is 16.2. The number of nitrogens with zero attached hydrogens (tertiary/aromatic N) is 6. The molecule has 7 rings (SSSR count). The average Bonchev–Trinajstić information content (AvgIpc) is 3.13. The maximum absolute atomic E-state index is 13.0. The molecule has 0 atom stereocenters. The largest absolute Gasteiger partial charge is 1.00 e. The Morgan fingerprint density at radius 1 is 0.600 bits per heavy atom. The van der Waals surface area contributed by atoms with Crippen LogP contribution in [0, 0.1) is 0 Å². The Hall–Kier alpha value is -4.96. The Kier molecular flexibility index (Phi) is 11.7. The molecule has 0 spiro atoms. The zero-order chi connectivity index (χ0) is 33.0. The number of halogens is 2. The lowest BCUT2D eigenvalue weighted by Crippen LogP contribution is -3.00. The fourth-order valence-corrected chi connectivity index (χ4v) is 5.78. The first-order valence-electron chi connectivity index (χ1n) is 15.7. The lowest BCUT2D eigenvalue weighted by molar-refractivity contribution is -0.668. The van der Waals surface area contributed by atoms with Crippen molar-refractivity contribution in [2.45, 2.75) is 26.9 Å². The smallest absolute Gasteiger partial charge is 0.289 e. The van der Waals surface area contributed by atoms with Crippen molar-refractivity contribution in [2.75, 3.05) is 0 Å². The standard InChI is InChI=1S/C38H30N8O2.2HI/c1-3-45-19-5-7-29-21-25(9-17-33(29)45)23-39-43-37(47)31-15-13-27-11-12-28-14-16-32(42-36(28)35(27)41-31)38(48)44-40-24-26-10-18-34-30(22-26)8-6-20-46(34)4-2;;/h5-24H,3-4H2,1-2H3;2*1H. The van der Waals surface area contributed by atoms with Crippen LogP contribution in [0.4, 0.5) is 0 Å². The van der Waals surface area contributed by atoms with Gasteiger partial charge in [0.15, 0.2) is 12.4 Å². The Morgan fingerprint density at radius 3 is 1.44 bits per heavy atom. The Balaban J connectivity index is 0.00000243. The lowest BCUT2D eigenvalue weighted by Gasteiger charge is -2.07. The van der Waals surface area contributed by atoms with E-state index in [0.29, 0.717) is 11.0 Å². The van der Waals surface area contributed by atoms with Gasteiger partial charge in [-0.15, -0.1) is 0 Å².